The predicted molar refractivity (Wildman–Crippen MR) is 81.2 cm³/mol. The summed E-state index contributed by atoms with van der Waals surface area (Å²) in [5.41, 5.74) is 6.38. The summed E-state index contributed by atoms with van der Waals surface area (Å²) in [6.45, 7) is 2.32. The summed E-state index contributed by atoms with van der Waals surface area (Å²) in [7, 11) is 0. The van der Waals surface area contributed by atoms with Gasteiger partial charge in [0.2, 0.25) is 0 Å². The number of nitrogens with one attached hydrogen (secondary N) is 1. The Bertz CT molecular complexity index is 781. The van der Waals surface area contributed by atoms with Crippen LogP contribution in [0.25, 0.3) is 0 Å². The molecule has 0 saturated carbocycles. The van der Waals surface area contributed by atoms with Crippen LogP contribution in [0.1, 0.15) is 18.0 Å². The molecule has 0 fully saturated rings. The maximum atomic E-state index is 11.8. The van der Waals surface area contributed by atoms with E-state index in [-0.39, 0.29) is 5.69 Å². The SMILES string of the molecule is CC1=C(C(N)=O)SC(n2cn[nH]c2=O)N1Cc1cccnc1. The molecule has 0 aromatic carbocycles. The molecule has 0 saturated heterocycles. The van der Waals surface area contributed by atoms with Gasteiger partial charge in [0.15, 0.2) is 5.50 Å². The van der Waals surface area contributed by atoms with E-state index >= 15 is 0 Å². The molecule has 1 atom stereocenters. The number of thioether (sulfide) groups is 1. The molecule has 114 valence electrons. The van der Waals surface area contributed by atoms with E-state index in [1.165, 1.54) is 22.7 Å². The van der Waals surface area contributed by atoms with E-state index < -0.39 is 11.4 Å². The minimum atomic E-state index is -0.502. The summed E-state index contributed by atoms with van der Waals surface area (Å²) in [6.07, 6.45) is 4.85. The highest BCUT2D eigenvalue weighted by molar-refractivity contribution is 8.04. The van der Waals surface area contributed by atoms with Gasteiger partial charge in [-0.3, -0.25) is 14.3 Å². The lowest BCUT2D eigenvalue weighted by atomic mass is 10.2. The zero-order chi connectivity index (χ0) is 15.7. The molecule has 0 bridgehead atoms. The van der Waals surface area contributed by atoms with Crippen LogP contribution in [0, 0.1) is 0 Å². The Morgan fingerprint density at radius 2 is 2.36 bits per heavy atom. The highest BCUT2D eigenvalue weighted by Gasteiger charge is 2.34. The van der Waals surface area contributed by atoms with Crippen LogP contribution in [0.5, 0.6) is 0 Å². The molecule has 9 heteroatoms. The van der Waals surface area contributed by atoms with Gasteiger partial charge in [0.05, 0.1) is 4.91 Å². The van der Waals surface area contributed by atoms with Crippen molar-refractivity contribution in [3.63, 3.8) is 0 Å². The van der Waals surface area contributed by atoms with Gasteiger partial charge >= 0.3 is 5.69 Å². The van der Waals surface area contributed by atoms with Gasteiger partial charge in [0.1, 0.15) is 6.33 Å². The van der Waals surface area contributed by atoms with Crippen molar-refractivity contribution >= 4 is 17.7 Å². The molecular weight excluding hydrogens is 304 g/mol. The first-order valence-corrected chi connectivity index (χ1v) is 7.40. The number of aromatic nitrogens is 4. The molecule has 3 heterocycles. The third-order valence-electron chi connectivity index (χ3n) is 3.36. The molecule has 2 aromatic heterocycles. The zero-order valence-corrected chi connectivity index (χ0v) is 12.6. The quantitative estimate of drug-likeness (QED) is 0.844. The Hall–Kier alpha value is -2.55. The molecule has 8 nitrogen and oxygen atoms in total. The van der Waals surface area contributed by atoms with E-state index in [1.54, 1.807) is 12.4 Å². The minimum absolute atomic E-state index is 0.341. The van der Waals surface area contributed by atoms with Crippen molar-refractivity contribution < 1.29 is 4.79 Å². The van der Waals surface area contributed by atoms with E-state index in [2.05, 4.69) is 15.2 Å². The van der Waals surface area contributed by atoms with Gasteiger partial charge < -0.3 is 10.6 Å². The molecule has 1 amide bonds. The fourth-order valence-electron chi connectivity index (χ4n) is 2.29. The number of rotatable bonds is 4. The third-order valence-corrected chi connectivity index (χ3v) is 4.79. The molecule has 0 radical (unpaired) electrons. The fraction of sp³-hybridized carbons (Fsp3) is 0.231. The standard InChI is InChI=1S/C13H14N6O2S/c1-8-10(11(14)20)22-13(19-7-16-17-12(19)21)18(8)6-9-3-2-4-15-5-9/h2-5,7,13H,6H2,1H3,(H2,14,20)(H,17,21). The van der Waals surface area contributed by atoms with Gasteiger partial charge in [-0.25, -0.2) is 9.89 Å². The molecule has 3 N–H and O–H groups in total. The monoisotopic (exact) mass is 318 g/mol. The van der Waals surface area contributed by atoms with Crippen LogP contribution in [-0.2, 0) is 11.3 Å². The number of pyridine rings is 1. The summed E-state index contributed by atoms with van der Waals surface area (Å²) in [6, 6.07) is 3.77. The van der Waals surface area contributed by atoms with Crippen LogP contribution < -0.4 is 11.4 Å². The van der Waals surface area contributed by atoms with Gasteiger partial charge in [0.25, 0.3) is 5.91 Å². The number of nitrogens with two attached hydrogens (primary N) is 1. The number of amides is 1. The van der Waals surface area contributed by atoms with Crippen LogP contribution in [0.4, 0.5) is 0 Å². The number of hydrogen-bond acceptors (Lipinski definition) is 6. The van der Waals surface area contributed by atoms with Crippen LogP contribution in [-0.4, -0.2) is 30.6 Å². The lowest BCUT2D eigenvalue weighted by Gasteiger charge is -2.27. The number of carbonyl (C=O) groups excluding carboxylic acids is 1. The van der Waals surface area contributed by atoms with Crippen molar-refractivity contribution in [3.05, 3.63) is 57.5 Å². The zero-order valence-electron chi connectivity index (χ0n) is 11.8. The highest BCUT2D eigenvalue weighted by Crippen LogP contribution is 2.44. The topological polar surface area (TPSA) is 110 Å². The van der Waals surface area contributed by atoms with Gasteiger partial charge in [0, 0.05) is 24.6 Å². The van der Waals surface area contributed by atoms with Gasteiger partial charge in [-0.2, -0.15) is 5.10 Å². The van der Waals surface area contributed by atoms with Crippen LogP contribution in [0.15, 0.2) is 46.3 Å². The summed E-state index contributed by atoms with van der Waals surface area (Å²) in [5.74, 6) is -0.502. The Balaban J connectivity index is 1.98. The van der Waals surface area contributed by atoms with E-state index in [9.17, 15) is 9.59 Å². The van der Waals surface area contributed by atoms with E-state index in [1.807, 2.05) is 24.0 Å². The Labute approximate surface area is 130 Å². The van der Waals surface area contributed by atoms with Gasteiger partial charge in [-0.05, 0) is 18.6 Å². The van der Waals surface area contributed by atoms with E-state index in [4.69, 9.17) is 5.73 Å². The highest BCUT2D eigenvalue weighted by atomic mass is 32.2. The summed E-state index contributed by atoms with van der Waals surface area (Å²) < 4.78 is 1.43. The van der Waals surface area contributed by atoms with Crippen molar-refractivity contribution in [3.8, 4) is 0 Å². The van der Waals surface area contributed by atoms with Gasteiger partial charge in [-0.1, -0.05) is 17.8 Å². The number of allylic oxidation sites excluding steroid dienone is 1. The Morgan fingerprint density at radius 3 is 2.95 bits per heavy atom. The van der Waals surface area contributed by atoms with Crippen LogP contribution in [0.3, 0.4) is 0 Å². The predicted octanol–water partition coefficient (Wildman–Crippen LogP) is 0.388. The first kappa shape index (κ1) is 14.4. The largest absolute Gasteiger partial charge is 0.365 e. The van der Waals surface area contributed by atoms with Crippen molar-refractivity contribution in [2.75, 3.05) is 0 Å². The molecule has 2 aromatic rings. The number of hydrogen-bond donors (Lipinski definition) is 2. The molecule has 0 aliphatic carbocycles. The molecule has 1 unspecified atom stereocenters. The number of H-pyrrole nitrogens is 1. The number of carbonyl (C=O) groups is 1. The average molecular weight is 318 g/mol. The molecule has 22 heavy (non-hydrogen) atoms. The first-order valence-electron chi connectivity index (χ1n) is 6.52. The lowest BCUT2D eigenvalue weighted by molar-refractivity contribution is -0.114. The maximum Gasteiger partial charge on any atom is 0.345 e. The normalized spacial score (nSPS) is 18.0. The van der Waals surface area contributed by atoms with Crippen molar-refractivity contribution in [2.45, 2.75) is 19.0 Å². The van der Waals surface area contributed by atoms with E-state index in [0.29, 0.717) is 11.4 Å². The summed E-state index contributed by atoms with van der Waals surface area (Å²) >= 11 is 1.24. The van der Waals surface area contributed by atoms with Crippen molar-refractivity contribution in [2.24, 2.45) is 5.73 Å². The minimum Gasteiger partial charge on any atom is -0.365 e. The van der Waals surface area contributed by atoms with Crippen molar-refractivity contribution in [1.29, 1.82) is 0 Å². The molecule has 1 aliphatic heterocycles. The fourth-order valence-corrected chi connectivity index (χ4v) is 3.53. The average Bonchev–Trinajstić information content (AvgIpc) is 3.05. The lowest BCUT2D eigenvalue weighted by Crippen LogP contribution is -2.31. The molecule has 1 aliphatic rings. The second-order valence-electron chi connectivity index (χ2n) is 4.78. The second kappa shape index (κ2) is 5.68. The summed E-state index contributed by atoms with van der Waals surface area (Å²) in [4.78, 5) is 29.9. The third kappa shape index (κ3) is 2.50. The maximum absolute atomic E-state index is 11.8. The smallest absolute Gasteiger partial charge is 0.345 e. The van der Waals surface area contributed by atoms with Crippen molar-refractivity contribution in [1.82, 2.24) is 24.6 Å². The number of aromatic amines is 1. The molecule has 0 spiro atoms. The number of nitrogens with zero attached hydrogens (tertiary/aromatic N) is 4. The van der Waals surface area contributed by atoms with E-state index in [0.717, 1.165) is 11.3 Å². The summed E-state index contributed by atoms with van der Waals surface area (Å²) in [5, 5.41) is 6.10. The number of primary amides is 1. The second-order valence-corrected chi connectivity index (χ2v) is 5.85. The Morgan fingerprint density at radius 1 is 1.55 bits per heavy atom. The van der Waals surface area contributed by atoms with Crippen LogP contribution in [0.2, 0.25) is 0 Å². The molecule has 3 rings (SSSR count). The molecular formula is C13H14N6O2S. The van der Waals surface area contributed by atoms with Gasteiger partial charge in [-0.15, -0.1) is 0 Å². The Kier molecular flexibility index (Phi) is 3.72. The van der Waals surface area contributed by atoms with Crippen LogP contribution >= 0.6 is 11.8 Å². The first-order chi connectivity index (χ1) is 10.6.